The highest BCUT2D eigenvalue weighted by Crippen LogP contribution is 2.21. The van der Waals surface area contributed by atoms with Crippen LogP contribution < -0.4 is 0 Å². The molecule has 3 heterocycles. The summed E-state index contributed by atoms with van der Waals surface area (Å²) in [4.78, 5) is 26.0. The van der Waals surface area contributed by atoms with E-state index in [1.807, 2.05) is 35.9 Å². The fraction of sp³-hybridized carbons (Fsp3) is 0.333. The molecule has 1 amide bonds. The highest BCUT2D eigenvalue weighted by molar-refractivity contribution is 5.93. The molecule has 7 nitrogen and oxygen atoms in total. The van der Waals surface area contributed by atoms with E-state index in [0.717, 1.165) is 16.9 Å². The minimum atomic E-state index is -1.24. The number of alkyl halides is 1. The zero-order valence-electron chi connectivity index (χ0n) is 14.2. The molecule has 0 N–H and O–H groups in total. The molecule has 8 heteroatoms. The number of carbonyl (C=O) groups excluding carboxylic acids is 1. The molecular weight excluding hydrogens is 337 g/mol. The summed E-state index contributed by atoms with van der Waals surface area (Å²) in [5, 5.41) is 0. The van der Waals surface area contributed by atoms with Crippen LogP contribution in [-0.2, 0) is 18.4 Å². The zero-order chi connectivity index (χ0) is 18.1. The van der Waals surface area contributed by atoms with E-state index in [0.29, 0.717) is 5.56 Å². The lowest BCUT2D eigenvalue weighted by atomic mass is 10.3. The molecule has 3 aromatic rings. The first-order valence-electron chi connectivity index (χ1n) is 8.34. The number of para-hydroxylation sites is 2. The molecule has 0 bridgehead atoms. The van der Waals surface area contributed by atoms with Crippen LogP contribution in [0.15, 0.2) is 43.0 Å². The van der Waals surface area contributed by atoms with Crippen molar-refractivity contribution in [2.75, 3.05) is 13.1 Å². The molecule has 134 valence electrons. The second kappa shape index (κ2) is 6.80. The van der Waals surface area contributed by atoms with Gasteiger partial charge in [-0.2, -0.15) is 0 Å². The summed E-state index contributed by atoms with van der Waals surface area (Å²) in [6.45, 7) is 0.381. The molecule has 1 fully saturated rings. The van der Waals surface area contributed by atoms with Crippen LogP contribution >= 0.6 is 0 Å². The van der Waals surface area contributed by atoms with Gasteiger partial charge in [-0.3, -0.25) is 4.79 Å². The van der Waals surface area contributed by atoms with Gasteiger partial charge in [0.1, 0.15) is 31.0 Å². The van der Waals surface area contributed by atoms with Gasteiger partial charge in [-0.1, -0.05) is 12.1 Å². The lowest BCUT2D eigenvalue weighted by molar-refractivity contribution is 0.00774. The Morgan fingerprint density at radius 1 is 1.27 bits per heavy atom. The molecule has 2 atom stereocenters. The number of nitrogens with zero attached hydrogens (tertiary/aromatic N) is 5. The molecule has 0 saturated carbocycles. The summed E-state index contributed by atoms with van der Waals surface area (Å²) in [6.07, 6.45) is 2.29. The first-order chi connectivity index (χ1) is 12.6. The van der Waals surface area contributed by atoms with Crippen LogP contribution in [0.1, 0.15) is 16.2 Å². The van der Waals surface area contributed by atoms with Crippen molar-refractivity contribution in [3.05, 3.63) is 54.4 Å². The van der Waals surface area contributed by atoms with Gasteiger partial charge in [-0.15, -0.1) is 0 Å². The number of carbonyl (C=O) groups is 1. The molecule has 1 aliphatic rings. The first-order valence-corrected chi connectivity index (χ1v) is 8.34. The SMILES string of the molecule is Cn1c(CO[C@H]2CN(C(=O)c3cncnc3)C[C@H]2F)nc2ccccc21. The highest BCUT2D eigenvalue weighted by atomic mass is 19.1. The third-order valence-electron chi connectivity index (χ3n) is 4.60. The van der Waals surface area contributed by atoms with Gasteiger partial charge >= 0.3 is 0 Å². The number of aromatic nitrogens is 4. The average Bonchev–Trinajstić information content (AvgIpc) is 3.20. The van der Waals surface area contributed by atoms with E-state index >= 15 is 0 Å². The maximum absolute atomic E-state index is 14.3. The normalized spacial score (nSPS) is 20.0. The van der Waals surface area contributed by atoms with E-state index in [-0.39, 0.29) is 25.6 Å². The Hall–Kier alpha value is -2.87. The molecule has 0 radical (unpaired) electrons. The quantitative estimate of drug-likeness (QED) is 0.713. The molecule has 0 spiro atoms. The van der Waals surface area contributed by atoms with Crippen LogP contribution in [0.25, 0.3) is 11.0 Å². The van der Waals surface area contributed by atoms with Crippen molar-refractivity contribution in [3.63, 3.8) is 0 Å². The zero-order valence-corrected chi connectivity index (χ0v) is 14.2. The Morgan fingerprint density at radius 2 is 2.04 bits per heavy atom. The predicted molar refractivity (Wildman–Crippen MR) is 92.1 cm³/mol. The molecule has 2 aromatic heterocycles. The van der Waals surface area contributed by atoms with Gasteiger partial charge in [-0.25, -0.2) is 19.3 Å². The van der Waals surface area contributed by atoms with Gasteiger partial charge in [0.15, 0.2) is 0 Å². The number of halogens is 1. The van der Waals surface area contributed by atoms with E-state index in [1.165, 1.54) is 23.6 Å². The number of fused-ring (bicyclic) bond motifs is 1. The monoisotopic (exact) mass is 355 g/mol. The van der Waals surface area contributed by atoms with Crippen LogP contribution in [0.2, 0.25) is 0 Å². The number of likely N-dealkylation sites (tertiary alicyclic amines) is 1. The lowest BCUT2D eigenvalue weighted by Crippen LogP contribution is -2.30. The number of imidazole rings is 1. The van der Waals surface area contributed by atoms with Crippen molar-refractivity contribution in [3.8, 4) is 0 Å². The van der Waals surface area contributed by atoms with Crippen molar-refractivity contribution in [1.29, 1.82) is 0 Å². The summed E-state index contributed by atoms with van der Waals surface area (Å²) >= 11 is 0. The Morgan fingerprint density at radius 3 is 2.81 bits per heavy atom. The minimum absolute atomic E-state index is 0.000928. The lowest BCUT2D eigenvalue weighted by Gasteiger charge is -2.16. The van der Waals surface area contributed by atoms with Gasteiger partial charge in [0, 0.05) is 19.4 Å². The van der Waals surface area contributed by atoms with Gasteiger partial charge in [0.05, 0.1) is 29.7 Å². The van der Waals surface area contributed by atoms with Crippen LogP contribution in [0.5, 0.6) is 0 Å². The largest absolute Gasteiger partial charge is 0.365 e. The molecule has 4 rings (SSSR count). The highest BCUT2D eigenvalue weighted by Gasteiger charge is 2.36. The number of amides is 1. The third-order valence-corrected chi connectivity index (χ3v) is 4.60. The molecule has 26 heavy (non-hydrogen) atoms. The van der Waals surface area contributed by atoms with Gasteiger partial charge in [0.2, 0.25) is 0 Å². The van der Waals surface area contributed by atoms with Gasteiger partial charge in [-0.05, 0) is 12.1 Å². The Kier molecular flexibility index (Phi) is 4.34. The van der Waals surface area contributed by atoms with Gasteiger partial charge in [0.25, 0.3) is 5.91 Å². The summed E-state index contributed by atoms with van der Waals surface area (Å²) < 4.78 is 22.0. The van der Waals surface area contributed by atoms with E-state index in [4.69, 9.17) is 4.74 Å². The predicted octanol–water partition coefficient (Wildman–Crippen LogP) is 1.74. The molecule has 0 aliphatic carbocycles. The van der Waals surface area contributed by atoms with Crippen molar-refractivity contribution in [2.45, 2.75) is 18.9 Å². The maximum atomic E-state index is 14.3. The Balaban J connectivity index is 1.42. The number of hydrogen-bond acceptors (Lipinski definition) is 5. The summed E-state index contributed by atoms with van der Waals surface area (Å²) in [5.74, 6) is 0.432. The Bertz CT molecular complexity index is 930. The number of rotatable bonds is 4. The maximum Gasteiger partial charge on any atom is 0.257 e. The summed E-state index contributed by atoms with van der Waals surface area (Å²) in [7, 11) is 1.90. The van der Waals surface area contributed by atoms with Gasteiger partial charge < -0.3 is 14.2 Å². The second-order valence-corrected chi connectivity index (χ2v) is 6.28. The van der Waals surface area contributed by atoms with E-state index in [1.54, 1.807) is 0 Å². The van der Waals surface area contributed by atoms with Crippen molar-refractivity contribution >= 4 is 16.9 Å². The standard InChI is InChI=1S/C18H18FN5O2/c1-23-15-5-3-2-4-14(15)22-17(23)10-26-16-9-24(8-13(16)19)18(25)12-6-20-11-21-7-12/h2-7,11,13,16H,8-10H2,1H3/t13-,16+/m1/s1. The molecule has 1 aromatic carbocycles. The smallest absolute Gasteiger partial charge is 0.257 e. The van der Waals surface area contributed by atoms with Crippen molar-refractivity contribution < 1.29 is 13.9 Å². The number of aryl methyl sites for hydroxylation is 1. The number of ether oxygens (including phenoxy) is 1. The fourth-order valence-electron chi connectivity index (χ4n) is 3.16. The van der Waals surface area contributed by atoms with E-state index < -0.39 is 12.3 Å². The third kappa shape index (κ3) is 3.03. The van der Waals surface area contributed by atoms with Crippen LogP contribution in [0.3, 0.4) is 0 Å². The average molecular weight is 355 g/mol. The minimum Gasteiger partial charge on any atom is -0.365 e. The van der Waals surface area contributed by atoms with E-state index in [2.05, 4.69) is 15.0 Å². The summed E-state index contributed by atoms with van der Waals surface area (Å²) in [5.41, 5.74) is 2.21. The summed E-state index contributed by atoms with van der Waals surface area (Å²) in [6, 6.07) is 7.77. The van der Waals surface area contributed by atoms with Crippen molar-refractivity contribution in [2.24, 2.45) is 7.05 Å². The van der Waals surface area contributed by atoms with Crippen molar-refractivity contribution in [1.82, 2.24) is 24.4 Å². The van der Waals surface area contributed by atoms with Crippen LogP contribution in [0, 0.1) is 0 Å². The number of benzene rings is 1. The fourth-order valence-corrected chi connectivity index (χ4v) is 3.16. The Labute approximate surface area is 149 Å². The molecule has 1 saturated heterocycles. The molecule has 0 unspecified atom stereocenters. The van der Waals surface area contributed by atoms with Crippen LogP contribution in [-0.4, -0.2) is 55.7 Å². The van der Waals surface area contributed by atoms with Crippen LogP contribution in [0.4, 0.5) is 4.39 Å². The second-order valence-electron chi connectivity index (χ2n) is 6.28. The topological polar surface area (TPSA) is 73.1 Å². The first kappa shape index (κ1) is 16.6. The van der Waals surface area contributed by atoms with E-state index in [9.17, 15) is 9.18 Å². The molecule has 1 aliphatic heterocycles. The molecular formula is C18H18FN5O2. The number of hydrogen-bond donors (Lipinski definition) is 0.